The summed E-state index contributed by atoms with van der Waals surface area (Å²) in [5.74, 6) is 1.19. The average molecular weight is 287 g/mol. The van der Waals surface area contributed by atoms with Crippen molar-refractivity contribution in [3.63, 3.8) is 0 Å². The number of hydrogen-bond acceptors (Lipinski definition) is 3. The molecule has 1 N–H and O–H groups in total. The number of aliphatic hydroxyl groups excluding tert-OH is 1. The zero-order valence-electron chi connectivity index (χ0n) is 13.2. The molecule has 1 saturated heterocycles. The Kier molecular flexibility index (Phi) is 3.89. The number of Topliss-reactive ketones (excluding diaryl/α,β-unsaturated/α-hetero) is 1. The topological polar surface area (TPSA) is 40.5 Å². The lowest BCUT2D eigenvalue weighted by atomic mass is 9.98. The van der Waals surface area contributed by atoms with Crippen molar-refractivity contribution in [2.45, 2.75) is 39.7 Å². The van der Waals surface area contributed by atoms with Gasteiger partial charge in [-0.2, -0.15) is 0 Å². The fraction of sp³-hybridized carbons (Fsp3) is 0.611. The lowest BCUT2D eigenvalue weighted by molar-refractivity contribution is 0.0919. The Morgan fingerprint density at radius 2 is 1.86 bits per heavy atom. The molecule has 0 aromatic heterocycles. The predicted octanol–water partition coefficient (Wildman–Crippen LogP) is 2.50. The molecule has 1 aliphatic heterocycles. The van der Waals surface area contributed by atoms with Gasteiger partial charge in [0.15, 0.2) is 5.78 Å². The van der Waals surface area contributed by atoms with Crippen molar-refractivity contribution in [1.82, 2.24) is 4.90 Å². The van der Waals surface area contributed by atoms with Crippen LogP contribution in [-0.4, -0.2) is 41.5 Å². The molecule has 0 spiro atoms. The molecule has 3 nitrogen and oxygen atoms in total. The van der Waals surface area contributed by atoms with Crippen molar-refractivity contribution in [3.8, 4) is 0 Å². The second kappa shape index (κ2) is 5.54. The van der Waals surface area contributed by atoms with Crippen LogP contribution in [-0.2, 0) is 0 Å². The number of aryl methyl sites for hydroxylation is 3. The Morgan fingerprint density at radius 3 is 2.57 bits per heavy atom. The molecule has 1 aliphatic carbocycles. The Labute approximate surface area is 127 Å². The van der Waals surface area contributed by atoms with E-state index < -0.39 is 0 Å². The van der Waals surface area contributed by atoms with E-state index in [2.05, 4.69) is 24.8 Å². The highest BCUT2D eigenvalue weighted by atomic mass is 16.3. The Bertz CT molecular complexity index is 567. The highest BCUT2D eigenvalue weighted by Gasteiger charge is 2.42. The molecule has 3 heteroatoms. The van der Waals surface area contributed by atoms with Crippen LogP contribution in [0, 0.1) is 32.6 Å². The van der Waals surface area contributed by atoms with Gasteiger partial charge < -0.3 is 5.11 Å². The van der Waals surface area contributed by atoms with Gasteiger partial charge in [-0.05, 0) is 62.3 Å². The summed E-state index contributed by atoms with van der Waals surface area (Å²) in [7, 11) is 0. The number of hydrogen-bond donors (Lipinski definition) is 1. The number of likely N-dealkylation sites (tertiary alicyclic amines) is 1. The lowest BCUT2D eigenvalue weighted by Gasteiger charge is -2.18. The molecule has 1 heterocycles. The Balaban J connectivity index is 1.69. The molecule has 3 unspecified atom stereocenters. The zero-order chi connectivity index (χ0) is 15.1. The second-order valence-corrected chi connectivity index (χ2v) is 6.94. The van der Waals surface area contributed by atoms with E-state index in [1.165, 1.54) is 11.1 Å². The predicted molar refractivity (Wildman–Crippen MR) is 83.6 cm³/mol. The quantitative estimate of drug-likeness (QED) is 0.868. The van der Waals surface area contributed by atoms with Gasteiger partial charge in [0.2, 0.25) is 0 Å². The van der Waals surface area contributed by atoms with Gasteiger partial charge in [-0.15, -0.1) is 0 Å². The summed E-state index contributed by atoms with van der Waals surface area (Å²) in [5, 5.41) is 9.97. The van der Waals surface area contributed by atoms with E-state index in [0.29, 0.717) is 18.4 Å². The monoisotopic (exact) mass is 287 g/mol. The van der Waals surface area contributed by atoms with Crippen molar-refractivity contribution < 1.29 is 9.90 Å². The van der Waals surface area contributed by atoms with Gasteiger partial charge >= 0.3 is 0 Å². The number of fused-ring (bicyclic) bond motifs is 1. The van der Waals surface area contributed by atoms with Crippen LogP contribution in [0.1, 0.15) is 39.9 Å². The van der Waals surface area contributed by atoms with E-state index in [-0.39, 0.29) is 11.9 Å². The van der Waals surface area contributed by atoms with Gasteiger partial charge in [-0.25, -0.2) is 0 Å². The van der Waals surface area contributed by atoms with Crippen molar-refractivity contribution in [2.75, 3.05) is 19.6 Å². The van der Waals surface area contributed by atoms with Gasteiger partial charge in [-0.3, -0.25) is 9.69 Å². The lowest BCUT2D eigenvalue weighted by Crippen LogP contribution is -2.30. The number of carbonyl (C=O) groups excluding carboxylic acids is 1. The fourth-order valence-electron chi connectivity index (χ4n) is 4.01. The number of carbonyl (C=O) groups is 1. The van der Waals surface area contributed by atoms with Crippen molar-refractivity contribution in [2.24, 2.45) is 11.8 Å². The molecule has 1 aromatic rings. The third-order valence-electron chi connectivity index (χ3n) is 5.40. The van der Waals surface area contributed by atoms with Gasteiger partial charge in [0.1, 0.15) is 0 Å². The summed E-state index contributed by atoms with van der Waals surface area (Å²) in [6, 6.07) is 4.13. The van der Waals surface area contributed by atoms with Gasteiger partial charge in [-0.1, -0.05) is 6.07 Å². The SMILES string of the molecule is Cc1cc(C)c(C(=O)CN2CC3CCC(O)C3C2)cc1C. The third kappa shape index (κ3) is 2.77. The number of ketones is 1. The zero-order valence-corrected chi connectivity index (χ0v) is 13.2. The highest BCUT2D eigenvalue weighted by molar-refractivity contribution is 5.99. The van der Waals surface area contributed by atoms with E-state index in [4.69, 9.17) is 0 Å². The summed E-state index contributed by atoms with van der Waals surface area (Å²) in [5.41, 5.74) is 4.35. The molecule has 1 aromatic carbocycles. The standard InChI is InChI=1S/C18H25NO2/c1-11-6-13(3)15(7-12(11)2)18(21)10-19-8-14-4-5-17(20)16(14)9-19/h6-7,14,16-17,20H,4-5,8-10H2,1-3H3. The van der Waals surface area contributed by atoms with Crippen LogP contribution >= 0.6 is 0 Å². The van der Waals surface area contributed by atoms with Crippen molar-refractivity contribution in [3.05, 3.63) is 34.4 Å². The van der Waals surface area contributed by atoms with E-state index in [1.54, 1.807) is 0 Å². The van der Waals surface area contributed by atoms with E-state index in [0.717, 1.165) is 37.1 Å². The van der Waals surface area contributed by atoms with Crippen LogP contribution in [0.4, 0.5) is 0 Å². The first kappa shape index (κ1) is 14.7. The smallest absolute Gasteiger partial charge is 0.177 e. The minimum absolute atomic E-state index is 0.154. The molecule has 3 rings (SSSR count). The fourth-order valence-corrected chi connectivity index (χ4v) is 4.01. The normalized spacial score (nSPS) is 28.9. The summed E-state index contributed by atoms with van der Waals surface area (Å²) in [6.45, 7) is 8.49. The first-order valence-corrected chi connectivity index (χ1v) is 7.97. The molecule has 2 fully saturated rings. The summed E-state index contributed by atoms with van der Waals surface area (Å²) >= 11 is 0. The number of aliphatic hydroxyl groups is 1. The molecule has 0 bridgehead atoms. The molecule has 0 radical (unpaired) electrons. The maximum atomic E-state index is 12.6. The first-order chi connectivity index (χ1) is 9.95. The maximum absolute atomic E-state index is 12.6. The van der Waals surface area contributed by atoms with Crippen LogP contribution < -0.4 is 0 Å². The molecule has 21 heavy (non-hydrogen) atoms. The summed E-state index contributed by atoms with van der Waals surface area (Å²) in [4.78, 5) is 14.8. The van der Waals surface area contributed by atoms with Crippen LogP contribution in [0.15, 0.2) is 12.1 Å². The molecule has 2 aliphatic rings. The third-order valence-corrected chi connectivity index (χ3v) is 5.40. The second-order valence-electron chi connectivity index (χ2n) is 6.94. The van der Waals surface area contributed by atoms with Crippen LogP contribution in [0.2, 0.25) is 0 Å². The van der Waals surface area contributed by atoms with E-state index >= 15 is 0 Å². The first-order valence-electron chi connectivity index (χ1n) is 7.97. The van der Waals surface area contributed by atoms with Gasteiger partial charge in [0.25, 0.3) is 0 Å². The molecule has 3 atom stereocenters. The van der Waals surface area contributed by atoms with Crippen LogP contribution in [0.3, 0.4) is 0 Å². The van der Waals surface area contributed by atoms with Gasteiger partial charge in [0.05, 0.1) is 12.6 Å². The van der Waals surface area contributed by atoms with E-state index in [9.17, 15) is 9.90 Å². The van der Waals surface area contributed by atoms with Gasteiger partial charge in [0, 0.05) is 24.6 Å². The number of nitrogens with zero attached hydrogens (tertiary/aromatic N) is 1. The molecular formula is C18H25NO2. The van der Waals surface area contributed by atoms with Crippen molar-refractivity contribution in [1.29, 1.82) is 0 Å². The summed E-state index contributed by atoms with van der Waals surface area (Å²) < 4.78 is 0. The average Bonchev–Trinajstić information content (AvgIpc) is 2.96. The molecule has 1 saturated carbocycles. The Morgan fingerprint density at radius 1 is 1.14 bits per heavy atom. The molecular weight excluding hydrogens is 262 g/mol. The molecule has 0 amide bonds. The summed E-state index contributed by atoms with van der Waals surface area (Å²) in [6.07, 6.45) is 1.89. The number of benzene rings is 1. The van der Waals surface area contributed by atoms with Crippen LogP contribution in [0.5, 0.6) is 0 Å². The highest BCUT2D eigenvalue weighted by Crippen LogP contribution is 2.38. The Hall–Kier alpha value is -1.19. The van der Waals surface area contributed by atoms with Crippen LogP contribution in [0.25, 0.3) is 0 Å². The van der Waals surface area contributed by atoms with Crippen molar-refractivity contribution >= 4 is 5.78 Å². The van der Waals surface area contributed by atoms with E-state index in [1.807, 2.05) is 13.0 Å². The molecule has 114 valence electrons. The minimum atomic E-state index is -0.154. The minimum Gasteiger partial charge on any atom is -0.393 e. The number of rotatable bonds is 3. The largest absolute Gasteiger partial charge is 0.393 e. The maximum Gasteiger partial charge on any atom is 0.177 e.